The van der Waals surface area contributed by atoms with Gasteiger partial charge >= 0.3 is 5.76 Å². The number of carbonyl (C=O) groups is 3. The maximum Gasteiger partial charge on any atom is 0.420 e. The monoisotopic (exact) mass is 821 g/mol. The van der Waals surface area contributed by atoms with Crippen molar-refractivity contribution in [3.8, 4) is 23.0 Å². The lowest BCUT2D eigenvalue weighted by Crippen LogP contribution is -2.49. The van der Waals surface area contributed by atoms with Crippen molar-refractivity contribution in [2.45, 2.75) is 76.6 Å². The average molecular weight is 822 g/mol. The third kappa shape index (κ3) is 7.42. The summed E-state index contributed by atoms with van der Waals surface area (Å²) in [5.74, 6) is -3.10. The van der Waals surface area contributed by atoms with Gasteiger partial charge in [-0.2, -0.15) is 5.10 Å². The highest BCUT2D eigenvalue weighted by Gasteiger charge is 2.47. The van der Waals surface area contributed by atoms with Gasteiger partial charge in [-0.15, -0.1) is 0 Å². The molecule has 1 unspecified atom stereocenters. The minimum absolute atomic E-state index is 0.0240. The molecule has 1 amide bonds. The lowest BCUT2D eigenvalue weighted by atomic mass is 9.72. The molecule has 8 rings (SSSR count). The fourth-order valence-corrected chi connectivity index (χ4v) is 8.31. The van der Waals surface area contributed by atoms with E-state index in [1.165, 1.54) is 35.9 Å². The smallest absolute Gasteiger partial charge is 0.420 e. The normalized spacial score (nSPS) is 21.3. The van der Waals surface area contributed by atoms with E-state index >= 15 is 0 Å². The summed E-state index contributed by atoms with van der Waals surface area (Å²) in [4.78, 5) is 53.3. The molecule has 16 heteroatoms. The molecule has 4 atom stereocenters. The molecular weight excluding hydrogens is 778 g/mol. The highest BCUT2D eigenvalue weighted by atomic mass is 16.7. The van der Waals surface area contributed by atoms with E-state index in [4.69, 9.17) is 23.4 Å². The Morgan fingerprint density at radius 1 is 1.00 bits per heavy atom. The first-order valence-electron chi connectivity index (χ1n) is 19.5. The molecule has 1 aliphatic heterocycles. The number of nitrogens with one attached hydrogen (secondary N) is 1. The Kier molecular flexibility index (Phi) is 10.8. The fourth-order valence-electron chi connectivity index (χ4n) is 8.31. The van der Waals surface area contributed by atoms with Crippen LogP contribution in [0.5, 0.6) is 23.0 Å². The molecule has 2 aliphatic carbocycles. The molecule has 3 aliphatic rings. The van der Waals surface area contributed by atoms with Crippen LogP contribution in [0.1, 0.15) is 92.8 Å². The number of ketones is 2. The van der Waals surface area contributed by atoms with Crippen molar-refractivity contribution in [3.63, 3.8) is 0 Å². The number of ether oxygens (including phenoxy) is 4. The number of methoxy groups -OCH3 is 1. The number of aliphatic hydroxyl groups excluding tert-OH is 1. The van der Waals surface area contributed by atoms with Crippen LogP contribution in [0.3, 0.4) is 0 Å². The van der Waals surface area contributed by atoms with E-state index in [1.807, 2.05) is 26.0 Å². The summed E-state index contributed by atoms with van der Waals surface area (Å²) < 4.78 is 30.1. The van der Waals surface area contributed by atoms with Gasteiger partial charge in [0.15, 0.2) is 35.8 Å². The molecule has 5 aromatic rings. The molecule has 1 fully saturated rings. The van der Waals surface area contributed by atoms with Crippen molar-refractivity contribution < 1.29 is 58.2 Å². The van der Waals surface area contributed by atoms with E-state index in [-0.39, 0.29) is 81.8 Å². The zero-order valence-electron chi connectivity index (χ0n) is 33.0. The Morgan fingerprint density at radius 2 is 1.82 bits per heavy atom. The summed E-state index contributed by atoms with van der Waals surface area (Å²) in [6, 6.07) is 15.9. The predicted molar refractivity (Wildman–Crippen MR) is 214 cm³/mol. The molecule has 0 bridgehead atoms. The number of phenolic OH excluding ortho intramolecular Hbond substituents is 2. The van der Waals surface area contributed by atoms with Crippen LogP contribution in [0.25, 0.3) is 11.1 Å². The van der Waals surface area contributed by atoms with E-state index < -0.39 is 60.2 Å². The van der Waals surface area contributed by atoms with E-state index in [2.05, 4.69) is 10.5 Å². The lowest BCUT2D eigenvalue weighted by Gasteiger charge is -2.41. The van der Waals surface area contributed by atoms with Crippen LogP contribution < -0.4 is 20.7 Å². The summed E-state index contributed by atoms with van der Waals surface area (Å²) >= 11 is 0. The van der Waals surface area contributed by atoms with Crippen LogP contribution in [-0.4, -0.2) is 86.5 Å². The number of benzene rings is 4. The van der Waals surface area contributed by atoms with Gasteiger partial charge in [-0.1, -0.05) is 24.3 Å². The fraction of sp³-hybridized carbons (Fsp3) is 0.341. The number of aromatic hydroxyl groups is 2. The van der Waals surface area contributed by atoms with Crippen LogP contribution in [-0.2, 0) is 27.2 Å². The molecule has 0 radical (unpaired) electrons. The second-order valence-corrected chi connectivity index (χ2v) is 15.4. The first-order valence-corrected chi connectivity index (χ1v) is 19.5. The SMILES string of the molecule is COc1cccc2c1C(=O)c1c(cc3c(c1O)C(O[C@@H]1CCC[C@@H](C)O1)C[C@@](O)(/C(CO)=N/NC(=O)COc1ccc(Cn4c(=O)oc5ccc(C)cc54)cc1O)C3)C2=O. The molecule has 312 valence electrons. The van der Waals surface area contributed by atoms with Crippen molar-refractivity contribution in [2.24, 2.45) is 5.10 Å². The molecule has 16 nitrogen and oxygen atoms in total. The van der Waals surface area contributed by atoms with E-state index in [0.29, 0.717) is 23.1 Å². The molecule has 5 N–H and O–H groups in total. The van der Waals surface area contributed by atoms with Crippen molar-refractivity contribution in [1.82, 2.24) is 9.99 Å². The predicted octanol–water partition coefficient (Wildman–Crippen LogP) is 4.34. The Balaban J connectivity index is 1.02. The Morgan fingerprint density at radius 3 is 2.57 bits per heavy atom. The second-order valence-electron chi connectivity index (χ2n) is 15.4. The van der Waals surface area contributed by atoms with Crippen LogP contribution in [0.4, 0.5) is 0 Å². The third-order valence-electron chi connectivity index (χ3n) is 11.2. The van der Waals surface area contributed by atoms with Gasteiger partial charge in [0.1, 0.15) is 17.1 Å². The van der Waals surface area contributed by atoms with Crippen LogP contribution in [0, 0.1) is 6.92 Å². The summed E-state index contributed by atoms with van der Waals surface area (Å²) in [5.41, 5.74) is 2.86. The molecule has 2 heterocycles. The van der Waals surface area contributed by atoms with Gasteiger partial charge in [0.2, 0.25) is 5.78 Å². The van der Waals surface area contributed by atoms with Gasteiger partial charge < -0.3 is 43.8 Å². The third-order valence-corrected chi connectivity index (χ3v) is 11.2. The first kappa shape index (κ1) is 40.4. The zero-order valence-corrected chi connectivity index (χ0v) is 33.0. The minimum Gasteiger partial charge on any atom is -0.507 e. The summed E-state index contributed by atoms with van der Waals surface area (Å²) in [6.45, 7) is 2.47. The molecule has 0 saturated carbocycles. The maximum absolute atomic E-state index is 14.0. The van der Waals surface area contributed by atoms with E-state index in [1.54, 1.807) is 24.3 Å². The number of rotatable bonds is 11. The first-order chi connectivity index (χ1) is 28.8. The van der Waals surface area contributed by atoms with E-state index in [0.717, 1.165) is 18.4 Å². The van der Waals surface area contributed by atoms with Gasteiger partial charge in [0, 0.05) is 29.5 Å². The number of hydrazone groups is 1. The van der Waals surface area contributed by atoms with Gasteiger partial charge in [0.25, 0.3) is 5.91 Å². The number of carbonyl (C=O) groups excluding carboxylic acids is 3. The number of aliphatic hydroxyl groups is 2. The van der Waals surface area contributed by atoms with Crippen molar-refractivity contribution >= 4 is 34.3 Å². The Bertz CT molecular complexity index is 2650. The lowest BCUT2D eigenvalue weighted by molar-refractivity contribution is -0.220. The maximum atomic E-state index is 14.0. The summed E-state index contributed by atoms with van der Waals surface area (Å²) in [7, 11) is 1.38. The highest BCUT2D eigenvalue weighted by molar-refractivity contribution is 6.30. The number of fused-ring (bicyclic) bond motifs is 4. The van der Waals surface area contributed by atoms with Gasteiger partial charge in [-0.05, 0) is 86.2 Å². The Hall–Kier alpha value is -6.33. The second kappa shape index (κ2) is 16.0. The Labute approximate surface area is 342 Å². The molecule has 4 aromatic carbocycles. The highest BCUT2D eigenvalue weighted by Crippen LogP contribution is 2.49. The van der Waals surface area contributed by atoms with Crippen molar-refractivity contribution in [3.05, 3.63) is 116 Å². The van der Waals surface area contributed by atoms with Crippen LogP contribution >= 0.6 is 0 Å². The largest absolute Gasteiger partial charge is 0.507 e. The van der Waals surface area contributed by atoms with Crippen molar-refractivity contribution in [2.75, 3.05) is 20.3 Å². The number of hydrogen-bond donors (Lipinski definition) is 5. The quantitative estimate of drug-likeness (QED) is 0.0907. The number of aryl methyl sites for hydroxylation is 1. The number of nitrogens with zero attached hydrogens (tertiary/aromatic N) is 2. The number of oxazole rings is 1. The number of aromatic nitrogens is 1. The summed E-state index contributed by atoms with van der Waals surface area (Å²) in [6.07, 6.45) is -0.439. The minimum atomic E-state index is -1.99. The topological polar surface area (TPSA) is 229 Å². The molecule has 1 saturated heterocycles. The molecule has 60 heavy (non-hydrogen) atoms. The van der Waals surface area contributed by atoms with Gasteiger partial charge in [-0.3, -0.25) is 19.0 Å². The molecular formula is C44H43N3O13. The zero-order chi connectivity index (χ0) is 42.5. The van der Waals surface area contributed by atoms with Gasteiger partial charge in [-0.25, -0.2) is 10.2 Å². The van der Waals surface area contributed by atoms with Crippen LogP contribution in [0.2, 0.25) is 0 Å². The summed E-state index contributed by atoms with van der Waals surface area (Å²) in [5, 5.41) is 49.4. The van der Waals surface area contributed by atoms with Crippen molar-refractivity contribution in [1.29, 1.82) is 0 Å². The average Bonchev–Trinajstić information content (AvgIpc) is 3.52. The van der Waals surface area contributed by atoms with E-state index in [9.17, 15) is 39.6 Å². The molecule has 1 aromatic heterocycles. The number of hydrogen-bond acceptors (Lipinski definition) is 14. The van der Waals surface area contributed by atoms with Crippen LogP contribution in [0.15, 0.2) is 75.0 Å². The number of amides is 1. The molecule has 0 spiro atoms. The van der Waals surface area contributed by atoms with Gasteiger partial charge in [0.05, 0.1) is 54.8 Å². The number of phenols is 2. The standard InChI is InChI=1S/C44H43N3O13/c1-22-10-12-30-28(14-22)47(43(54)60-30)19-24-11-13-31(29(49)15-24)57-21-35(50)46-45-34(20-48)44(55)17-25-16-27-39(42(53)38-26(40(27)51)7-5-8-32(38)56-3)41(52)37(25)33(18-44)59-36-9-4-6-23(2)58-36/h5,7-8,10-16,23,33,36,48-49,52,55H,4,6,9,17-21H2,1-3H3,(H,46,50)/b45-34+/t23-,33?,36-,44-/m1/s1.